The number of carbonyl (C=O) groups excluding carboxylic acids is 1. The highest BCUT2D eigenvalue weighted by Crippen LogP contribution is 2.40. The Hall–Kier alpha value is -1.30. The maximum Gasteiger partial charge on any atom is 0.192 e. The lowest BCUT2D eigenvalue weighted by molar-refractivity contribution is -0.124. The largest absolute Gasteiger partial charge is 0.497 e. The Labute approximate surface area is 278 Å². The molecule has 0 fully saturated rings. The SMILES string of the molecule is CC[C@@H](/C=C\C(=O)[C@@H](C)[C@H](O)[C@H](C)[C@@H](O[Si](C)(C)C(C)(C)C)[C@@H](C)COCc1ccc(OC)cc1)[C@@H](C)O[Si](C)(C)C(C)(C)C. The van der Waals surface area contributed by atoms with Gasteiger partial charge in [0.2, 0.25) is 0 Å². The van der Waals surface area contributed by atoms with Crippen molar-refractivity contribution in [3.63, 3.8) is 0 Å². The monoisotopic (exact) mass is 664 g/mol. The van der Waals surface area contributed by atoms with Crippen molar-refractivity contribution >= 4 is 22.4 Å². The summed E-state index contributed by atoms with van der Waals surface area (Å²) in [5, 5.41) is 11.7. The van der Waals surface area contributed by atoms with Crippen LogP contribution in [0, 0.1) is 23.7 Å². The molecule has 1 rings (SSSR count). The van der Waals surface area contributed by atoms with E-state index in [1.807, 2.05) is 44.2 Å². The zero-order chi connectivity index (χ0) is 35.0. The van der Waals surface area contributed by atoms with E-state index in [-0.39, 0.29) is 45.8 Å². The van der Waals surface area contributed by atoms with E-state index in [9.17, 15) is 9.90 Å². The zero-order valence-corrected chi connectivity index (χ0v) is 33.6. The fraction of sp³-hybridized carbons (Fsp3) is 0.757. The normalized spacial score (nSPS) is 18.2. The smallest absolute Gasteiger partial charge is 0.192 e. The van der Waals surface area contributed by atoms with Crippen molar-refractivity contribution < 1.29 is 28.2 Å². The van der Waals surface area contributed by atoms with Crippen LogP contribution in [0.15, 0.2) is 36.4 Å². The van der Waals surface area contributed by atoms with Crippen LogP contribution in [0.4, 0.5) is 0 Å². The first-order chi connectivity index (χ1) is 20.5. The number of methoxy groups -OCH3 is 1. The lowest BCUT2D eigenvalue weighted by atomic mass is 9.82. The van der Waals surface area contributed by atoms with Crippen LogP contribution in [0.25, 0.3) is 0 Å². The van der Waals surface area contributed by atoms with E-state index in [1.165, 1.54) is 0 Å². The van der Waals surface area contributed by atoms with Crippen LogP contribution >= 0.6 is 0 Å². The number of hydrogen-bond acceptors (Lipinski definition) is 6. The van der Waals surface area contributed by atoms with Crippen molar-refractivity contribution in [3.05, 3.63) is 42.0 Å². The molecule has 6 nitrogen and oxygen atoms in total. The lowest BCUT2D eigenvalue weighted by Crippen LogP contribution is -2.51. The van der Waals surface area contributed by atoms with Gasteiger partial charge in [-0.2, -0.15) is 0 Å². The van der Waals surface area contributed by atoms with Crippen LogP contribution in [0.1, 0.15) is 88.1 Å². The molecule has 1 aromatic carbocycles. The highest BCUT2D eigenvalue weighted by molar-refractivity contribution is 6.74. The van der Waals surface area contributed by atoms with Crippen LogP contribution in [-0.4, -0.2) is 59.6 Å². The number of ketones is 1. The summed E-state index contributed by atoms with van der Waals surface area (Å²) in [6.07, 6.45) is 3.43. The lowest BCUT2D eigenvalue weighted by Gasteiger charge is -2.44. The van der Waals surface area contributed by atoms with Crippen LogP contribution < -0.4 is 4.74 Å². The van der Waals surface area contributed by atoms with Crippen LogP contribution in [0.2, 0.25) is 36.3 Å². The van der Waals surface area contributed by atoms with E-state index in [1.54, 1.807) is 13.2 Å². The molecule has 0 radical (unpaired) electrons. The van der Waals surface area contributed by atoms with E-state index < -0.39 is 28.7 Å². The van der Waals surface area contributed by atoms with Crippen LogP contribution in [0.3, 0.4) is 0 Å². The van der Waals surface area contributed by atoms with Gasteiger partial charge in [0.05, 0.1) is 32.5 Å². The van der Waals surface area contributed by atoms with Crippen molar-refractivity contribution in [3.8, 4) is 5.75 Å². The molecular weight excluding hydrogens is 597 g/mol. The first kappa shape index (κ1) is 41.7. The molecule has 0 aliphatic rings. The number of aliphatic hydroxyl groups excluding tert-OH is 1. The third kappa shape index (κ3) is 12.3. The highest BCUT2D eigenvalue weighted by Gasteiger charge is 2.44. The number of hydrogen-bond donors (Lipinski definition) is 1. The van der Waals surface area contributed by atoms with Crippen molar-refractivity contribution in [2.24, 2.45) is 23.7 Å². The topological polar surface area (TPSA) is 74.2 Å². The van der Waals surface area contributed by atoms with Gasteiger partial charge in [0, 0.05) is 29.8 Å². The second-order valence-corrected chi connectivity index (χ2v) is 25.8. The first-order valence-electron chi connectivity index (χ1n) is 17.0. The van der Waals surface area contributed by atoms with Gasteiger partial charge >= 0.3 is 0 Å². The third-order valence-electron chi connectivity index (χ3n) is 10.5. The van der Waals surface area contributed by atoms with Crippen LogP contribution in [-0.2, 0) is 25.0 Å². The third-order valence-corrected chi connectivity index (χ3v) is 19.5. The van der Waals surface area contributed by atoms with E-state index in [2.05, 4.69) is 88.5 Å². The Morgan fingerprint density at radius 3 is 1.87 bits per heavy atom. The minimum absolute atomic E-state index is 0.00209. The Morgan fingerprint density at radius 2 is 1.40 bits per heavy atom. The molecule has 0 unspecified atom stereocenters. The summed E-state index contributed by atoms with van der Waals surface area (Å²) in [6.45, 7) is 33.6. The van der Waals surface area contributed by atoms with E-state index >= 15 is 0 Å². The molecule has 0 aromatic heterocycles. The number of aliphatic hydroxyl groups is 1. The summed E-state index contributed by atoms with van der Waals surface area (Å²) < 4.78 is 25.0. The average Bonchev–Trinajstić information content (AvgIpc) is 2.93. The minimum Gasteiger partial charge on any atom is -0.497 e. The molecule has 7 atom stereocenters. The first-order valence-corrected chi connectivity index (χ1v) is 22.8. The van der Waals surface area contributed by atoms with Crippen molar-refractivity contribution in [1.29, 1.82) is 0 Å². The Balaban J connectivity index is 3.07. The van der Waals surface area contributed by atoms with Crippen molar-refractivity contribution in [2.75, 3.05) is 13.7 Å². The standard InChI is InChI=1S/C37H68O6Si2/c1-17-31(29(5)42-44(13,14)36(6,7)8)20-23-33(38)27(3)34(39)28(4)35(43-45(15,16)37(9,10)11)26(2)24-41-25-30-18-21-32(40-12)22-19-30/h18-23,26-29,31,34-35,39H,17,24-25H2,1-16H3/b23-20-/t26-,27+,28-,29+,31-,34-,35-/m0/s1. The Morgan fingerprint density at radius 1 is 0.889 bits per heavy atom. The van der Waals surface area contributed by atoms with Gasteiger partial charge in [-0.15, -0.1) is 0 Å². The maximum absolute atomic E-state index is 13.4. The number of benzene rings is 1. The summed E-state index contributed by atoms with van der Waals surface area (Å²) >= 11 is 0. The molecule has 0 heterocycles. The van der Waals surface area contributed by atoms with E-state index in [0.29, 0.717) is 13.2 Å². The molecule has 8 heteroatoms. The molecular formula is C37H68O6Si2. The van der Waals surface area contributed by atoms with E-state index in [0.717, 1.165) is 17.7 Å². The maximum atomic E-state index is 13.4. The number of allylic oxidation sites excluding steroid dienone is 1. The van der Waals surface area contributed by atoms with Crippen molar-refractivity contribution in [2.45, 2.75) is 144 Å². The molecule has 0 bridgehead atoms. The van der Waals surface area contributed by atoms with E-state index in [4.69, 9.17) is 18.3 Å². The van der Waals surface area contributed by atoms with Gasteiger partial charge in [0.1, 0.15) is 5.75 Å². The molecule has 260 valence electrons. The molecule has 1 N–H and O–H groups in total. The molecule has 0 spiro atoms. The molecule has 0 aliphatic carbocycles. The van der Waals surface area contributed by atoms with Gasteiger partial charge in [-0.1, -0.05) is 87.4 Å². The second-order valence-electron chi connectivity index (χ2n) is 16.2. The molecule has 45 heavy (non-hydrogen) atoms. The zero-order valence-electron chi connectivity index (χ0n) is 31.6. The molecule has 0 amide bonds. The highest BCUT2D eigenvalue weighted by atomic mass is 28.4. The van der Waals surface area contributed by atoms with Gasteiger partial charge in [-0.05, 0) is 73.4 Å². The quantitative estimate of drug-likeness (QED) is 0.125. The summed E-state index contributed by atoms with van der Waals surface area (Å²) in [6, 6.07) is 7.87. The summed E-state index contributed by atoms with van der Waals surface area (Å²) in [7, 11) is -2.46. The summed E-state index contributed by atoms with van der Waals surface area (Å²) in [4.78, 5) is 13.4. The van der Waals surface area contributed by atoms with Gasteiger partial charge in [0.15, 0.2) is 22.4 Å². The number of carbonyl (C=O) groups is 1. The van der Waals surface area contributed by atoms with Gasteiger partial charge < -0.3 is 23.4 Å². The minimum atomic E-state index is -2.19. The number of ether oxygens (including phenoxy) is 2. The number of rotatable bonds is 18. The fourth-order valence-electron chi connectivity index (χ4n) is 4.98. The molecule has 0 aliphatic heterocycles. The van der Waals surface area contributed by atoms with Gasteiger partial charge in [-0.25, -0.2) is 0 Å². The van der Waals surface area contributed by atoms with Crippen molar-refractivity contribution in [1.82, 2.24) is 0 Å². The predicted molar refractivity (Wildman–Crippen MR) is 194 cm³/mol. The average molecular weight is 665 g/mol. The molecule has 0 saturated carbocycles. The Bertz CT molecular complexity index is 1050. The fourth-order valence-corrected chi connectivity index (χ4v) is 7.92. The summed E-state index contributed by atoms with van der Waals surface area (Å²) in [5.74, 6) is 0.0505. The molecule has 0 saturated heterocycles. The Kier molecular flexibility index (Phi) is 16.0. The summed E-state index contributed by atoms with van der Waals surface area (Å²) in [5.41, 5.74) is 1.07. The molecule has 1 aromatic rings. The van der Waals surface area contributed by atoms with Crippen LogP contribution in [0.5, 0.6) is 5.75 Å². The van der Waals surface area contributed by atoms with Gasteiger partial charge in [0.25, 0.3) is 0 Å². The van der Waals surface area contributed by atoms with Gasteiger partial charge in [-0.3, -0.25) is 4.79 Å². The predicted octanol–water partition coefficient (Wildman–Crippen LogP) is 9.43. The second kappa shape index (κ2) is 17.2.